The molecule has 1 N–H and O–H groups in total. The molecule has 0 atom stereocenters. The third-order valence-corrected chi connectivity index (χ3v) is 5.10. The first-order valence-corrected chi connectivity index (χ1v) is 8.39. The van der Waals surface area contributed by atoms with Crippen LogP contribution >= 0.6 is 27.3 Å². The van der Waals surface area contributed by atoms with E-state index in [0.29, 0.717) is 5.82 Å². The first-order chi connectivity index (χ1) is 9.72. The number of thiophene rings is 1. The van der Waals surface area contributed by atoms with E-state index in [9.17, 15) is 4.79 Å². The predicted octanol–water partition coefficient (Wildman–Crippen LogP) is 4.43. The van der Waals surface area contributed by atoms with Gasteiger partial charge >= 0.3 is 0 Å². The van der Waals surface area contributed by atoms with Crippen molar-refractivity contribution in [1.82, 2.24) is 4.98 Å². The molecule has 1 amide bonds. The maximum Gasteiger partial charge on any atom is 0.266 e. The van der Waals surface area contributed by atoms with E-state index in [-0.39, 0.29) is 5.91 Å². The Bertz CT molecular complexity index is 615. The van der Waals surface area contributed by atoms with Crippen LogP contribution in [-0.2, 0) is 12.8 Å². The Morgan fingerprint density at radius 3 is 2.95 bits per heavy atom. The molecule has 1 aliphatic carbocycles. The van der Waals surface area contributed by atoms with E-state index >= 15 is 0 Å². The van der Waals surface area contributed by atoms with Gasteiger partial charge in [0.25, 0.3) is 5.91 Å². The molecule has 0 aliphatic heterocycles. The van der Waals surface area contributed by atoms with E-state index in [1.54, 1.807) is 17.4 Å². The number of carbonyl (C=O) groups excluding carboxylic acids is 1. The van der Waals surface area contributed by atoms with Crippen LogP contribution in [0.4, 0.5) is 5.82 Å². The monoisotopic (exact) mass is 350 g/mol. The number of carbonyl (C=O) groups is 1. The van der Waals surface area contributed by atoms with Crippen LogP contribution in [0.5, 0.6) is 0 Å². The quantitative estimate of drug-likeness (QED) is 0.643. The summed E-state index contributed by atoms with van der Waals surface area (Å²) in [6.07, 6.45) is 5.99. The number of pyridine rings is 1. The van der Waals surface area contributed by atoms with E-state index < -0.39 is 0 Å². The number of fused-ring (bicyclic) bond motifs is 1. The average molecular weight is 351 g/mol. The lowest BCUT2D eigenvalue weighted by atomic mass is 10.1. The summed E-state index contributed by atoms with van der Waals surface area (Å²) in [5.74, 6) is 0.515. The molecular weight excluding hydrogens is 336 g/mol. The van der Waals surface area contributed by atoms with Gasteiger partial charge in [0, 0.05) is 4.88 Å². The summed E-state index contributed by atoms with van der Waals surface area (Å²) in [4.78, 5) is 18.7. The van der Waals surface area contributed by atoms with E-state index in [4.69, 9.17) is 0 Å². The molecule has 2 aromatic heterocycles. The van der Waals surface area contributed by atoms with Gasteiger partial charge in [-0.2, -0.15) is 0 Å². The summed E-state index contributed by atoms with van der Waals surface area (Å²) in [7, 11) is 0. The zero-order chi connectivity index (χ0) is 13.9. The Labute approximate surface area is 130 Å². The summed E-state index contributed by atoms with van der Waals surface area (Å²) >= 11 is 4.93. The lowest BCUT2D eigenvalue weighted by Gasteiger charge is -2.02. The highest BCUT2D eigenvalue weighted by atomic mass is 79.9. The molecule has 2 heterocycles. The number of aromatic nitrogens is 1. The van der Waals surface area contributed by atoms with Crippen molar-refractivity contribution in [2.75, 3.05) is 5.32 Å². The van der Waals surface area contributed by atoms with Crippen molar-refractivity contribution in [3.63, 3.8) is 0 Å². The molecule has 3 rings (SSSR count). The van der Waals surface area contributed by atoms with Crippen molar-refractivity contribution in [2.24, 2.45) is 0 Å². The van der Waals surface area contributed by atoms with Gasteiger partial charge in [-0.05, 0) is 65.4 Å². The number of amides is 1. The minimum absolute atomic E-state index is 0.0614. The van der Waals surface area contributed by atoms with Gasteiger partial charge in [0.05, 0.1) is 4.88 Å². The molecule has 0 unspecified atom stereocenters. The molecule has 3 nitrogen and oxygen atoms in total. The highest BCUT2D eigenvalue weighted by molar-refractivity contribution is 9.10. The predicted molar refractivity (Wildman–Crippen MR) is 85.5 cm³/mol. The third kappa shape index (κ3) is 3.10. The van der Waals surface area contributed by atoms with E-state index in [1.165, 1.54) is 29.7 Å². The Hall–Kier alpha value is -1.20. The highest BCUT2D eigenvalue weighted by Gasteiger charge is 2.16. The Balaban J connectivity index is 1.77. The van der Waals surface area contributed by atoms with Gasteiger partial charge in [-0.3, -0.25) is 4.79 Å². The van der Waals surface area contributed by atoms with Crippen molar-refractivity contribution < 1.29 is 4.79 Å². The smallest absolute Gasteiger partial charge is 0.266 e. The topological polar surface area (TPSA) is 42.0 Å². The minimum Gasteiger partial charge on any atom is -0.306 e. The molecule has 0 spiro atoms. The Morgan fingerprint density at radius 2 is 2.10 bits per heavy atom. The average Bonchev–Trinajstić information content (AvgIpc) is 2.70. The molecule has 0 radical (unpaired) electrons. The van der Waals surface area contributed by atoms with Crippen LogP contribution in [0.15, 0.2) is 28.9 Å². The Kier molecular flexibility index (Phi) is 4.17. The molecular formula is C15H15BrN2OS. The van der Waals surface area contributed by atoms with Crippen LogP contribution < -0.4 is 5.32 Å². The first kappa shape index (κ1) is 13.8. The lowest BCUT2D eigenvalue weighted by Crippen LogP contribution is -2.11. The molecule has 0 saturated heterocycles. The van der Waals surface area contributed by atoms with E-state index in [2.05, 4.69) is 32.3 Å². The third-order valence-electron chi connectivity index (χ3n) is 3.43. The van der Waals surface area contributed by atoms with Gasteiger partial charge in [-0.15, -0.1) is 11.3 Å². The SMILES string of the molecule is O=C(Nc1cccc(Br)n1)c1cc2c(s1)CCCCC2. The van der Waals surface area contributed by atoms with Crippen LogP contribution in [0.1, 0.15) is 39.4 Å². The van der Waals surface area contributed by atoms with Gasteiger partial charge in [0.1, 0.15) is 10.4 Å². The number of hydrogen-bond acceptors (Lipinski definition) is 3. The van der Waals surface area contributed by atoms with Gasteiger partial charge in [-0.25, -0.2) is 4.98 Å². The second kappa shape index (κ2) is 6.06. The van der Waals surface area contributed by atoms with Gasteiger partial charge in [0.2, 0.25) is 0 Å². The first-order valence-electron chi connectivity index (χ1n) is 6.78. The van der Waals surface area contributed by atoms with Crippen LogP contribution in [0.25, 0.3) is 0 Å². The molecule has 5 heteroatoms. The summed E-state index contributed by atoms with van der Waals surface area (Å²) in [6.45, 7) is 0. The number of nitrogens with one attached hydrogen (secondary N) is 1. The zero-order valence-corrected chi connectivity index (χ0v) is 13.4. The summed E-state index contributed by atoms with van der Waals surface area (Å²) in [5, 5.41) is 2.85. The number of halogens is 1. The van der Waals surface area contributed by atoms with Crippen molar-refractivity contribution in [3.8, 4) is 0 Å². The molecule has 0 bridgehead atoms. The van der Waals surface area contributed by atoms with Gasteiger partial charge < -0.3 is 5.32 Å². The van der Waals surface area contributed by atoms with Gasteiger partial charge in [-0.1, -0.05) is 12.5 Å². The molecule has 104 valence electrons. The van der Waals surface area contributed by atoms with Crippen molar-refractivity contribution >= 4 is 39.0 Å². The molecule has 0 aromatic carbocycles. The van der Waals surface area contributed by atoms with Crippen molar-refractivity contribution in [1.29, 1.82) is 0 Å². The van der Waals surface area contributed by atoms with Crippen LogP contribution in [0.2, 0.25) is 0 Å². The number of anilines is 1. The fourth-order valence-electron chi connectivity index (χ4n) is 2.44. The fourth-order valence-corrected chi connectivity index (χ4v) is 3.93. The number of nitrogens with zero attached hydrogens (tertiary/aromatic N) is 1. The number of aryl methyl sites for hydroxylation is 2. The van der Waals surface area contributed by atoms with Crippen molar-refractivity contribution in [3.05, 3.63) is 44.2 Å². The standard InChI is InChI=1S/C15H15BrN2OS/c16-13-7-4-8-14(17-13)18-15(19)12-9-10-5-2-1-3-6-11(10)20-12/h4,7-9H,1-3,5-6H2,(H,17,18,19). The largest absolute Gasteiger partial charge is 0.306 e. The van der Waals surface area contributed by atoms with Crippen molar-refractivity contribution in [2.45, 2.75) is 32.1 Å². The molecule has 2 aromatic rings. The van der Waals surface area contributed by atoms with Crippen LogP contribution in [-0.4, -0.2) is 10.9 Å². The lowest BCUT2D eigenvalue weighted by molar-refractivity contribution is 0.103. The normalized spacial score (nSPS) is 14.4. The second-order valence-corrected chi connectivity index (χ2v) is 6.87. The highest BCUT2D eigenvalue weighted by Crippen LogP contribution is 2.29. The Morgan fingerprint density at radius 1 is 1.25 bits per heavy atom. The molecule has 20 heavy (non-hydrogen) atoms. The van der Waals surface area contributed by atoms with E-state index in [0.717, 1.165) is 22.3 Å². The number of rotatable bonds is 2. The summed E-state index contributed by atoms with van der Waals surface area (Å²) in [6, 6.07) is 7.54. The summed E-state index contributed by atoms with van der Waals surface area (Å²) < 4.78 is 0.720. The minimum atomic E-state index is -0.0614. The second-order valence-electron chi connectivity index (χ2n) is 4.92. The summed E-state index contributed by atoms with van der Waals surface area (Å²) in [5.41, 5.74) is 1.36. The maximum absolute atomic E-state index is 12.3. The fraction of sp³-hybridized carbons (Fsp3) is 0.333. The molecule has 0 saturated carbocycles. The molecule has 0 fully saturated rings. The van der Waals surface area contributed by atoms with Crippen LogP contribution in [0, 0.1) is 0 Å². The zero-order valence-electron chi connectivity index (χ0n) is 11.0. The maximum atomic E-state index is 12.3. The van der Waals surface area contributed by atoms with Crippen LogP contribution in [0.3, 0.4) is 0 Å². The number of hydrogen-bond donors (Lipinski definition) is 1. The molecule has 1 aliphatic rings. The van der Waals surface area contributed by atoms with Gasteiger partial charge in [0.15, 0.2) is 0 Å². The van der Waals surface area contributed by atoms with E-state index in [1.807, 2.05) is 12.1 Å².